The van der Waals surface area contributed by atoms with E-state index in [1.165, 1.54) is 11.3 Å². The minimum atomic E-state index is -0.505. The lowest BCUT2D eigenvalue weighted by atomic mass is 10.1. The SMILES string of the molecule is O=C(CCCNC(=O)c1ccsc1)OCC(=O)c1ccc(NC(=O)c2ccccc2)cc1. The number of carbonyl (C=O) groups excluding carboxylic acids is 4. The molecule has 32 heavy (non-hydrogen) atoms. The van der Waals surface area contributed by atoms with Gasteiger partial charge < -0.3 is 15.4 Å². The molecule has 0 atom stereocenters. The van der Waals surface area contributed by atoms with Crippen LogP contribution < -0.4 is 10.6 Å². The van der Waals surface area contributed by atoms with Crippen LogP contribution in [0.3, 0.4) is 0 Å². The molecule has 3 rings (SSSR count). The number of ether oxygens (including phenoxy) is 1. The minimum absolute atomic E-state index is 0.0989. The highest BCUT2D eigenvalue weighted by molar-refractivity contribution is 7.08. The molecular formula is C24H22N2O5S. The summed E-state index contributed by atoms with van der Waals surface area (Å²) in [7, 11) is 0. The Bertz CT molecular complexity index is 1060. The highest BCUT2D eigenvalue weighted by Crippen LogP contribution is 2.12. The van der Waals surface area contributed by atoms with Crippen LogP contribution in [0.15, 0.2) is 71.4 Å². The van der Waals surface area contributed by atoms with Gasteiger partial charge in [0.05, 0.1) is 0 Å². The second-order valence-corrected chi connectivity index (χ2v) is 7.63. The number of anilines is 1. The van der Waals surface area contributed by atoms with Crippen molar-refractivity contribution < 1.29 is 23.9 Å². The molecule has 2 aromatic carbocycles. The molecule has 1 aromatic heterocycles. The van der Waals surface area contributed by atoms with Gasteiger partial charge in [-0.1, -0.05) is 18.2 Å². The fourth-order valence-corrected chi connectivity index (χ4v) is 3.40. The van der Waals surface area contributed by atoms with E-state index in [-0.39, 0.29) is 30.6 Å². The van der Waals surface area contributed by atoms with E-state index in [0.717, 1.165) is 0 Å². The highest BCUT2D eigenvalue weighted by Gasteiger charge is 2.12. The van der Waals surface area contributed by atoms with Gasteiger partial charge in [-0.2, -0.15) is 11.3 Å². The third-order valence-electron chi connectivity index (χ3n) is 4.49. The van der Waals surface area contributed by atoms with Crippen LogP contribution in [-0.4, -0.2) is 36.7 Å². The van der Waals surface area contributed by atoms with Gasteiger partial charge in [0.25, 0.3) is 11.8 Å². The van der Waals surface area contributed by atoms with Gasteiger partial charge >= 0.3 is 5.97 Å². The number of hydrogen-bond acceptors (Lipinski definition) is 6. The van der Waals surface area contributed by atoms with Gasteiger partial charge in [-0.15, -0.1) is 0 Å². The van der Waals surface area contributed by atoms with Crippen molar-refractivity contribution in [3.8, 4) is 0 Å². The summed E-state index contributed by atoms with van der Waals surface area (Å²) in [4.78, 5) is 48.0. The first kappa shape index (κ1) is 22.9. The van der Waals surface area contributed by atoms with Crippen molar-refractivity contribution >= 4 is 40.6 Å². The summed E-state index contributed by atoms with van der Waals surface area (Å²) in [6.07, 6.45) is 0.514. The monoisotopic (exact) mass is 450 g/mol. The first-order valence-electron chi connectivity index (χ1n) is 9.98. The maximum Gasteiger partial charge on any atom is 0.306 e. The van der Waals surface area contributed by atoms with E-state index in [4.69, 9.17) is 4.74 Å². The van der Waals surface area contributed by atoms with Crippen molar-refractivity contribution in [2.24, 2.45) is 0 Å². The minimum Gasteiger partial charge on any atom is -0.457 e. The quantitative estimate of drug-likeness (QED) is 0.277. The number of Topliss-reactive ketones (excluding diaryl/α,β-unsaturated/α-hetero) is 1. The Balaban J connectivity index is 1.36. The normalized spacial score (nSPS) is 10.2. The van der Waals surface area contributed by atoms with E-state index in [0.29, 0.717) is 35.3 Å². The average Bonchev–Trinajstić information content (AvgIpc) is 3.36. The molecule has 1 heterocycles. The Kier molecular flexibility index (Phi) is 8.28. The third kappa shape index (κ3) is 6.88. The molecule has 0 spiro atoms. The molecule has 0 aliphatic heterocycles. The molecule has 0 radical (unpaired) electrons. The van der Waals surface area contributed by atoms with E-state index in [1.54, 1.807) is 60.0 Å². The lowest BCUT2D eigenvalue weighted by Crippen LogP contribution is -2.24. The van der Waals surface area contributed by atoms with Crippen LogP contribution >= 0.6 is 11.3 Å². The summed E-state index contributed by atoms with van der Waals surface area (Å²) < 4.78 is 5.02. The van der Waals surface area contributed by atoms with Crippen molar-refractivity contribution in [1.82, 2.24) is 5.32 Å². The summed E-state index contributed by atoms with van der Waals surface area (Å²) in [6.45, 7) is -0.0241. The van der Waals surface area contributed by atoms with Crippen LogP contribution in [0.25, 0.3) is 0 Å². The lowest BCUT2D eigenvalue weighted by Gasteiger charge is -2.07. The first-order valence-corrected chi connectivity index (χ1v) is 10.9. The zero-order valence-corrected chi connectivity index (χ0v) is 18.0. The van der Waals surface area contributed by atoms with Gasteiger partial charge in [0.15, 0.2) is 12.4 Å². The zero-order chi connectivity index (χ0) is 22.8. The summed E-state index contributed by atoms with van der Waals surface area (Å²) >= 11 is 1.44. The molecule has 0 aliphatic rings. The van der Waals surface area contributed by atoms with Gasteiger partial charge in [0, 0.05) is 40.7 Å². The Morgan fingerprint density at radius 1 is 0.812 bits per heavy atom. The molecule has 2 amide bonds. The Labute approximate surface area is 189 Å². The lowest BCUT2D eigenvalue weighted by molar-refractivity contribution is -0.142. The number of benzene rings is 2. The number of carbonyl (C=O) groups is 4. The van der Waals surface area contributed by atoms with Crippen LogP contribution in [-0.2, 0) is 9.53 Å². The van der Waals surface area contributed by atoms with Crippen molar-refractivity contribution in [2.75, 3.05) is 18.5 Å². The molecule has 0 bridgehead atoms. The number of amides is 2. The summed E-state index contributed by atoms with van der Waals surface area (Å²) in [6, 6.07) is 16.9. The van der Waals surface area contributed by atoms with Crippen LogP contribution in [0.1, 0.15) is 43.9 Å². The fraction of sp³-hybridized carbons (Fsp3) is 0.167. The molecule has 0 saturated heterocycles. The van der Waals surface area contributed by atoms with Gasteiger partial charge in [-0.3, -0.25) is 19.2 Å². The predicted octanol–water partition coefficient (Wildman–Crippen LogP) is 3.94. The number of ketones is 1. The van der Waals surface area contributed by atoms with E-state index in [2.05, 4.69) is 10.6 Å². The smallest absolute Gasteiger partial charge is 0.306 e. The maximum absolute atomic E-state index is 12.2. The van der Waals surface area contributed by atoms with Crippen LogP contribution in [0.2, 0.25) is 0 Å². The molecule has 0 fully saturated rings. The second-order valence-electron chi connectivity index (χ2n) is 6.85. The number of esters is 1. The number of rotatable bonds is 10. The van der Waals surface area contributed by atoms with E-state index >= 15 is 0 Å². The molecule has 3 aromatic rings. The molecular weight excluding hydrogens is 428 g/mol. The molecule has 2 N–H and O–H groups in total. The van der Waals surface area contributed by atoms with Crippen LogP contribution in [0.5, 0.6) is 0 Å². The second kappa shape index (κ2) is 11.6. The molecule has 0 unspecified atom stereocenters. The van der Waals surface area contributed by atoms with Crippen molar-refractivity contribution in [3.05, 3.63) is 88.1 Å². The Morgan fingerprint density at radius 3 is 2.25 bits per heavy atom. The fourth-order valence-electron chi connectivity index (χ4n) is 2.76. The van der Waals surface area contributed by atoms with Crippen LogP contribution in [0, 0.1) is 0 Å². The van der Waals surface area contributed by atoms with Gasteiger partial charge in [0.2, 0.25) is 0 Å². The van der Waals surface area contributed by atoms with E-state index in [9.17, 15) is 19.2 Å². The Morgan fingerprint density at radius 2 is 1.56 bits per heavy atom. The standard InChI is InChI=1S/C24H22N2O5S/c27-21(15-31-22(28)7-4-13-25-23(29)19-12-14-32-16-19)17-8-10-20(11-9-17)26-24(30)18-5-2-1-3-6-18/h1-3,5-6,8-12,14,16H,4,7,13,15H2,(H,25,29)(H,26,30). The average molecular weight is 451 g/mol. The maximum atomic E-state index is 12.2. The predicted molar refractivity (Wildman–Crippen MR) is 122 cm³/mol. The number of hydrogen-bond donors (Lipinski definition) is 2. The molecule has 0 saturated carbocycles. The number of thiophene rings is 1. The third-order valence-corrected chi connectivity index (χ3v) is 5.17. The molecule has 7 nitrogen and oxygen atoms in total. The summed E-state index contributed by atoms with van der Waals surface area (Å²) in [5.74, 6) is -1.27. The molecule has 164 valence electrons. The molecule has 8 heteroatoms. The van der Waals surface area contributed by atoms with Gasteiger partial charge in [0.1, 0.15) is 0 Å². The topological polar surface area (TPSA) is 102 Å². The molecule has 0 aliphatic carbocycles. The first-order chi connectivity index (χ1) is 15.5. The van der Waals surface area contributed by atoms with Crippen molar-refractivity contribution in [1.29, 1.82) is 0 Å². The van der Waals surface area contributed by atoms with Gasteiger partial charge in [-0.05, 0) is 54.3 Å². The summed E-state index contributed by atoms with van der Waals surface area (Å²) in [5.41, 5.74) is 2.05. The van der Waals surface area contributed by atoms with E-state index in [1.807, 2.05) is 11.4 Å². The highest BCUT2D eigenvalue weighted by atomic mass is 32.1. The van der Waals surface area contributed by atoms with Crippen molar-refractivity contribution in [3.63, 3.8) is 0 Å². The summed E-state index contributed by atoms with van der Waals surface area (Å²) in [5, 5.41) is 9.04. The van der Waals surface area contributed by atoms with Crippen LogP contribution in [0.4, 0.5) is 5.69 Å². The zero-order valence-electron chi connectivity index (χ0n) is 17.2. The van der Waals surface area contributed by atoms with E-state index < -0.39 is 5.97 Å². The van der Waals surface area contributed by atoms with Crippen molar-refractivity contribution in [2.45, 2.75) is 12.8 Å². The Hall–Kier alpha value is -3.78. The number of nitrogens with one attached hydrogen (secondary N) is 2. The van der Waals surface area contributed by atoms with Gasteiger partial charge in [-0.25, -0.2) is 0 Å². The largest absolute Gasteiger partial charge is 0.457 e.